The summed E-state index contributed by atoms with van der Waals surface area (Å²) in [4.78, 5) is 29.5. The molecule has 0 fully saturated rings. The Hall–Kier alpha value is -3.94. The lowest BCUT2D eigenvalue weighted by Gasteiger charge is -2.28. The smallest absolute Gasteiger partial charge is 0.269 e. The monoisotopic (exact) mass is 405 g/mol. The van der Waals surface area contributed by atoms with Crippen molar-refractivity contribution < 1.29 is 19.0 Å². The number of nitrogens with zero attached hydrogens (tertiary/aromatic N) is 3. The quantitative estimate of drug-likeness (QED) is 0.353. The molecule has 0 aliphatic carbocycles. The van der Waals surface area contributed by atoms with Crippen LogP contribution in [0.25, 0.3) is 11.3 Å². The molecule has 0 spiro atoms. The van der Waals surface area contributed by atoms with Crippen LogP contribution in [0.2, 0.25) is 0 Å². The second-order valence-electron chi connectivity index (χ2n) is 6.85. The highest BCUT2D eigenvalue weighted by atomic mass is 16.6. The lowest BCUT2D eigenvalue weighted by atomic mass is 10.00. The highest BCUT2D eigenvalue weighted by molar-refractivity contribution is 5.79. The molecule has 8 nitrogen and oxygen atoms in total. The summed E-state index contributed by atoms with van der Waals surface area (Å²) in [6.45, 7) is 1.10. The number of carbonyl (C=O) groups is 1. The Labute approximate surface area is 172 Å². The zero-order chi connectivity index (χ0) is 20.9. The van der Waals surface area contributed by atoms with Gasteiger partial charge in [-0.05, 0) is 41.8 Å². The first-order valence-corrected chi connectivity index (χ1v) is 9.45. The van der Waals surface area contributed by atoms with Gasteiger partial charge in [0.15, 0.2) is 6.61 Å². The third-order valence-electron chi connectivity index (χ3n) is 4.92. The van der Waals surface area contributed by atoms with E-state index < -0.39 is 4.92 Å². The Kier molecular flexibility index (Phi) is 5.56. The molecular weight excluding hydrogens is 386 g/mol. The maximum Gasteiger partial charge on any atom is 0.269 e. The van der Waals surface area contributed by atoms with Crippen molar-refractivity contribution in [1.29, 1.82) is 0 Å². The van der Waals surface area contributed by atoms with Gasteiger partial charge >= 0.3 is 0 Å². The number of oxime groups is 1. The van der Waals surface area contributed by atoms with Crippen LogP contribution in [-0.2, 0) is 22.6 Å². The van der Waals surface area contributed by atoms with Gasteiger partial charge in [0.2, 0.25) is 0 Å². The molecule has 3 aromatic rings. The third-order valence-corrected chi connectivity index (χ3v) is 4.92. The van der Waals surface area contributed by atoms with Gasteiger partial charge in [-0.3, -0.25) is 14.9 Å². The van der Waals surface area contributed by atoms with Crippen molar-refractivity contribution in [2.45, 2.75) is 13.0 Å². The molecule has 0 radical (unpaired) electrons. The standard InChI is InChI=1S/C22H19N3O5/c26-22(24-12-11-16-3-1-2-4-18(16)14-24)15-29-23-13-20-9-10-21(30-20)17-5-7-19(8-6-17)25(27)28/h1-10,13H,11-12,14-15H2. The number of hydrogen-bond acceptors (Lipinski definition) is 6. The molecule has 8 heteroatoms. The number of hydrogen-bond donors (Lipinski definition) is 0. The van der Waals surface area contributed by atoms with Gasteiger partial charge in [0.1, 0.15) is 17.7 Å². The van der Waals surface area contributed by atoms with Crippen LogP contribution in [-0.4, -0.2) is 35.1 Å². The predicted octanol–water partition coefficient (Wildman–Crippen LogP) is 3.79. The number of non-ortho nitro benzene ring substituents is 1. The molecule has 0 atom stereocenters. The minimum absolute atomic E-state index is 0.0161. The summed E-state index contributed by atoms with van der Waals surface area (Å²) in [6, 6.07) is 17.6. The van der Waals surface area contributed by atoms with Crippen molar-refractivity contribution >= 4 is 17.8 Å². The van der Waals surface area contributed by atoms with E-state index in [1.54, 1.807) is 29.2 Å². The van der Waals surface area contributed by atoms with Crippen molar-refractivity contribution in [1.82, 2.24) is 4.90 Å². The first kappa shape index (κ1) is 19.4. The van der Waals surface area contributed by atoms with Crippen molar-refractivity contribution in [2.75, 3.05) is 13.2 Å². The normalized spacial score (nSPS) is 13.3. The zero-order valence-corrected chi connectivity index (χ0v) is 16.1. The summed E-state index contributed by atoms with van der Waals surface area (Å²) in [5.41, 5.74) is 3.17. The summed E-state index contributed by atoms with van der Waals surface area (Å²) in [5, 5.41) is 14.5. The lowest BCUT2D eigenvalue weighted by molar-refractivity contribution is -0.384. The fraction of sp³-hybridized carbons (Fsp3) is 0.182. The van der Waals surface area contributed by atoms with E-state index >= 15 is 0 Å². The van der Waals surface area contributed by atoms with Gasteiger partial charge in [0, 0.05) is 30.8 Å². The second kappa shape index (κ2) is 8.60. The number of carbonyl (C=O) groups excluding carboxylic acids is 1. The molecule has 152 valence electrons. The average Bonchev–Trinajstić information content (AvgIpc) is 3.25. The van der Waals surface area contributed by atoms with Crippen molar-refractivity contribution in [3.05, 3.63) is 87.7 Å². The van der Waals surface area contributed by atoms with Crippen LogP contribution in [0.15, 0.2) is 70.2 Å². The lowest BCUT2D eigenvalue weighted by Crippen LogP contribution is -2.37. The molecule has 4 rings (SSSR count). The van der Waals surface area contributed by atoms with Gasteiger partial charge in [-0.1, -0.05) is 29.4 Å². The van der Waals surface area contributed by atoms with Crippen LogP contribution in [0.4, 0.5) is 5.69 Å². The van der Waals surface area contributed by atoms with Crippen LogP contribution >= 0.6 is 0 Å². The second-order valence-corrected chi connectivity index (χ2v) is 6.85. The molecule has 1 aromatic heterocycles. The highest BCUT2D eigenvalue weighted by Crippen LogP contribution is 2.24. The van der Waals surface area contributed by atoms with Crippen molar-refractivity contribution in [3.63, 3.8) is 0 Å². The number of rotatable bonds is 6. The molecule has 1 amide bonds. The largest absolute Gasteiger partial charge is 0.455 e. The molecule has 1 aliphatic rings. The summed E-state index contributed by atoms with van der Waals surface area (Å²) < 4.78 is 5.64. The highest BCUT2D eigenvalue weighted by Gasteiger charge is 2.20. The molecule has 1 aliphatic heterocycles. The molecule has 2 aromatic carbocycles. The van der Waals surface area contributed by atoms with Crippen LogP contribution in [0, 0.1) is 10.1 Å². The van der Waals surface area contributed by atoms with E-state index in [2.05, 4.69) is 11.2 Å². The molecule has 30 heavy (non-hydrogen) atoms. The molecule has 0 saturated heterocycles. The third kappa shape index (κ3) is 4.38. The summed E-state index contributed by atoms with van der Waals surface area (Å²) in [7, 11) is 0. The van der Waals surface area contributed by atoms with Gasteiger partial charge in [-0.25, -0.2) is 0 Å². The Morgan fingerprint density at radius 2 is 1.90 bits per heavy atom. The van der Waals surface area contributed by atoms with Crippen LogP contribution < -0.4 is 0 Å². The van der Waals surface area contributed by atoms with Crippen molar-refractivity contribution in [3.8, 4) is 11.3 Å². The number of nitro groups is 1. The molecule has 0 bridgehead atoms. The van der Waals surface area contributed by atoms with Gasteiger partial charge in [-0.15, -0.1) is 0 Å². The van der Waals surface area contributed by atoms with Crippen LogP contribution in [0.5, 0.6) is 0 Å². The van der Waals surface area contributed by atoms with E-state index in [0.29, 0.717) is 30.2 Å². The molecule has 0 N–H and O–H groups in total. The van der Waals surface area contributed by atoms with E-state index in [1.807, 2.05) is 18.2 Å². The zero-order valence-electron chi connectivity index (χ0n) is 16.1. The topological polar surface area (TPSA) is 98.2 Å². The van der Waals surface area contributed by atoms with Crippen molar-refractivity contribution in [2.24, 2.45) is 5.16 Å². The Balaban J connectivity index is 1.29. The maximum absolute atomic E-state index is 12.3. The maximum atomic E-state index is 12.3. The number of amides is 1. The SMILES string of the molecule is O=C(CON=Cc1ccc(-c2ccc([N+](=O)[O-])cc2)o1)N1CCc2ccccc2C1. The Morgan fingerprint density at radius 1 is 1.13 bits per heavy atom. The van der Waals surface area contributed by atoms with E-state index in [9.17, 15) is 14.9 Å². The number of furan rings is 1. The van der Waals surface area contributed by atoms with Crippen LogP contribution in [0.3, 0.4) is 0 Å². The number of benzene rings is 2. The summed E-state index contributed by atoms with van der Waals surface area (Å²) in [6.07, 6.45) is 2.22. The molecule has 2 heterocycles. The van der Waals surface area contributed by atoms with Gasteiger partial charge in [0.25, 0.3) is 11.6 Å². The minimum Gasteiger partial charge on any atom is -0.455 e. The summed E-state index contributed by atoms with van der Waals surface area (Å²) in [5.74, 6) is 0.879. The van der Waals surface area contributed by atoms with Gasteiger partial charge < -0.3 is 14.2 Å². The van der Waals surface area contributed by atoms with Gasteiger partial charge in [0.05, 0.1) is 4.92 Å². The Morgan fingerprint density at radius 3 is 2.67 bits per heavy atom. The fourth-order valence-corrected chi connectivity index (χ4v) is 3.31. The predicted molar refractivity (Wildman–Crippen MR) is 110 cm³/mol. The van der Waals surface area contributed by atoms with E-state index in [-0.39, 0.29) is 18.2 Å². The van der Waals surface area contributed by atoms with Crippen LogP contribution in [0.1, 0.15) is 16.9 Å². The number of fused-ring (bicyclic) bond motifs is 1. The minimum atomic E-state index is -0.453. The van der Waals surface area contributed by atoms with E-state index in [1.165, 1.54) is 23.9 Å². The summed E-state index contributed by atoms with van der Waals surface area (Å²) >= 11 is 0. The van der Waals surface area contributed by atoms with E-state index in [0.717, 1.165) is 12.0 Å². The fourth-order valence-electron chi connectivity index (χ4n) is 3.31. The first-order valence-electron chi connectivity index (χ1n) is 9.45. The molecule has 0 unspecified atom stereocenters. The molecule has 0 saturated carbocycles. The molecular formula is C22H19N3O5. The average molecular weight is 405 g/mol. The van der Waals surface area contributed by atoms with E-state index in [4.69, 9.17) is 9.25 Å². The number of nitro benzene ring substituents is 1. The first-order chi connectivity index (χ1) is 14.6. The Bertz CT molecular complexity index is 1090. The van der Waals surface area contributed by atoms with Gasteiger partial charge in [-0.2, -0.15) is 0 Å².